The molecule has 1 aromatic rings. The lowest BCUT2D eigenvalue weighted by molar-refractivity contribution is 0.722. The van der Waals surface area contributed by atoms with Crippen LogP contribution >= 0.6 is 11.6 Å². The first kappa shape index (κ1) is 12.7. The van der Waals surface area contributed by atoms with Gasteiger partial charge in [0, 0.05) is 24.3 Å². The number of hydrogen-bond acceptors (Lipinski definition) is 2. The summed E-state index contributed by atoms with van der Waals surface area (Å²) < 4.78 is 0. The molecule has 0 heterocycles. The average molecular weight is 253 g/mol. The van der Waals surface area contributed by atoms with Gasteiger partial charge in [0.15, 0.2) is 0 Å². The molecular formula is C14H21ClN2. The van der Waals surface area contributed by atoms with Gasteiger partial charge in [0.2, 0.25) is 0 Å². The van der Waals surface area contributed by atoms with E-state index < -0.39 is 0 Å². The molecule has 1 aromatic carbocycles. The maximum atomic E-state index is 6.08. The number of nitrogens with two attached hydrogens (primary N) is 1. The Bertz CT molecular complexity index is 392. The van der Waals surface area contributed by atoms with E-state index >= 15 is 0 Å². The number of anilines is 1. The summed E-state index contributed by atoms with van der Waals surface area (Å²) in [6.07, 6.45) is 2.27. The van der Waals surface area contributed by atoms with Gasteiger partial charge in [-0.05, 0) is 48.9 Å². The van der Waals surface area contributed by atoms with E-state index in [4.69, 9.17) is 17.3 Å². The first-order valence-electron chi connectivity index (χ1n) is 6.31. The number of benzene rings is 1. The van der Waals surface area contributed by atoms with Crippen LogP contribution < -0.4 is 10.6 Å². The zero-order valence-electron chi connectivity index (χ0n) is 10.6. The number of rotatable bonds is 5. The Hall–Kier alpha value is -0.730. The lowest BCUT2D eigenvalue weighted by Gasteiger charge is -2.23. The SMILES string of the molecule is CC1CC1CN(C)c1cc(Cl)ccc1CCN. The first-order valence-corrected chi connectivity index (χ1v) is 6.69. The summed E-state index contributed by atoms with van der Waals surface area (Å²) >= 11 is 6.08. The molecule has 0 radical (unpaired) electrons. The topological polar surface area (TPSA) is 29.3 Å². The molecular weight excluding hydrogens is 232 g/mol. The molecule has 2 rings (SSSR count). The second kappa shape index (κ2) is 5.28. The fourth-order valence-corrected chi connectivity index (χ4v) is 2.53. The normalized spacial score (nSPS) is 22.6. The van der Waals surface area contributed by atoms with Gasteiger partial charge in [-0.15, -0.1) is 0 Å². The van der Waals surface area contributed by atoms with Crippen molar-refractivity contribution in [1.82, 2.24) is 0 Å². The summed E-state index contributed by atoms with van der Waals surface area (Å²) in [5.74, 6) is 1.74. The molecule has 0 bridgehead atoms. The van der Waals surface area contributed by atoms with Crippen molar-refractivity contribution < 1.29 is 0 Å². The highest BCUT2D eigenvalue weighted by Gasteiger charge is 2.33. The summed E-state index contributed by atoms with van der Waals surface area (Å²) in [7, 11) is 2.15. The van der Waals surface area contributed by atoms with E-state index in [9.17, 15) is 0 Å². The summed E-state index contributed by atoms with van der Waals surface area (Å²) in [4.78, 5) is 2.32. The Balaban J connectivity index is 2.13. The van der Waals surface area contributed by atoms with E-state index in [-0.39, 0.29) is 0 Å². The Morgan fingerprint density at radius 1 is 1.47 bits per heavy atom. The molecule has 1 fully saturated rings. The minimum atomic E-state index is 0.683. The lowest BCUT2D eigenvalue weighted by atomic mass is 10.1. The van der Waals surface area contributed by atoms with Crippen LogP contribution in [0.3, 0.4) is 0 Å². The van der Waals surface area contributed by atoms with Crippen LogP contribution in [0, 0.1) is 11.8 Å². The molecule has 0 amide bonds. The third-order valence-electron chi connectivity index (χ3n) is 3.66. The molecule has 2 N–H and O–H groups in total. The van der Waals surface area contributed by atoms with E-state index in [1.54, 1.807) is 0 Å². The largest absolute Gasteiger partial charge is 0.374 e. The van der Waals surface area contributed by atoms with Crippen LogP contribution in [0.1, 0.15) is 18.9 Å². The fourth-order valence-electron chi connectivity index (χ4n) is 2.36. The summed E-state index contributed by atoms with van der Waals surface area (Å²) in [6.45, 7) is 4.12. The van der Waals surface area contributed by atoms with Crippen molar-refractivity contribution in [1.29, 1.82) is 0 Å². The second-order valence-corrected chi connectivity index (χ2v) is 5.60. The van der Waals surface area contributed by atoms with Gasteiger partial charge < -0.3 is 10.6 Å². The zero-order valence-corrected chi connectivity index (χ0v) is 11.4. The molecule has 1 aliphatic carbocycles. The van der Waals surface area contributed by atoms with Gasteiger partial charge in [0.25, 0.3) is 0 Å². The van der Waals surface area contributed by atoms with Crippen molar-refractivity contribution >= 4 is 17.3 Å². The molecule has 0 aliphatic heterocycles. The Morgan fingerprint density at radius 3 is 2.76 bits per heavy atom. The molecule has 2 unspecified atom stereocenters. The molecule has 1 saturated carbocycles. The molecule has 2 nitrogen and oxygen atoms in total. The molecule has 0 aromatic heterocycles. The second-order valence-electron chi connectivity index (χ2n) is 5.17. The van der Waals surface area contributed by atoms with Crippen molar-refractivity contribution in [2.75, 3.05) is 25.0 Å². The van der Waals surface area contributed by atoms with Gasteiger partial charge in [-0.2, -0.15) is 0 Å². The zero-order chi connectivity index (χ0) is 12.4. The van der Waals surface area contributed by atoms with Crippen molar-refractivity contribution in [2.24, 2.45) is 17.6 Å². The smallest absolute Gasteiger partial charge is 0.0426 e. The van der Waals surface area contributed by atoms with Crippen molar-refractivity contribution in [3.05, 3.63) is 28.8 Å². The molecule has 2 atom stereocenters. The first-order chi connectivity index (χ1) is 8.11. The van der Waals surface area contributed by atoms with E-state index in [0.29, 0.717) is 6.54 Å². The van der Waals surface area contributed by atoms with Crippen LogP contribution in [0.4, 0.5) is 5.69 Å². The molecule has 94 valence electrons. The quantitative estimate of drug-likeness (QED) is 0.873. The van der Waals surface area contributed by atoms with E-state index in [1.165, 1.54) is 17.7 Å². The molecule has 1 aliphatic rings. The molecule has 3 heteroatoms. The van der Waals surface area contributed by atoms with Gasteiger partial charge in [-0.1, -0.05) is 24.6 Å². The predicted molar refractivity (Wildman–Crippen MR) is 74.8 cm³/mol. The maximum absolute atomic E-state index is 6.08. The highest BCUT2D eigenvalue weighted by atomic mass is 35.5. The Morgan fingerprint density at radius 2 is 2.18 bits per heavy atom. The minimum Gasteiger partial charge on any atom is -0.374 e. The maximum Gasteiger partial charge on any atom is 0.0426 e. The van der Waals surface area contributed by atoms with E-state index in [2.05, 4.69) is 31.0 Å². The van der Waals surface area contributed by atoms with Crippen molar-refractivity contribution in [3.8, 4) is 0 Å². The van der Waals surface area contributed by atoms with Gasteiger partial charge in [-0.3, -0.25) is 0 Å². The van der Waals surface area contributed by atoms with Gasteiger partial charge >= 0.3 is 0 Å². The summed E-state index contributed by atoms with van der Waals surface area (Å²) in [5.41, 5.74) is 8.19. The lowest BCUT2D eigenvalue weighted by Crippen LogP contribution is -2.22. The highest BCUT2D eigenvalue weighted by molar-refractivity contribution is 6.30. The number of hydrogen-bond donors (Lipinski definition) is 1. The van der Waals surface area contributed by atoms with Crippen LogP contribution in [-0.2, 0) is 6.42 Å². The van der Waals surface area contributed by atoms with Gasteiger partial charge in [0.05, 0.1) is 0 Å². The van der Waals surface area contributed by atoms with Crippen LogP contribution in [0.5, 0.6) is 0 Å². The third kappa shape index (κ3) is 3.14. The minimum absolute atomic E-state index is 0.683. The van der Waals surface area contributed by atoms with Crippen molar-refractivity contribution in [3.63, 3.8) is 0 Å². The fraction of sp³-hybridized carbons (Fsp3) is 0.571. The van der Waals surface area contributed by atoms with Crippen LogP contribution in [0.25, 0.3) is 0 Å². The standard InChI is InChI=1S/C14H21ClN2/c1-10-7-12(10)9-17(2)14-8-13(15)4-3-11(14)5-6-16/h3-4,8,10,12H,5-7,9,16H2,1-2H3. The van der Waals surface area contributed by atoms with Crippen LogP contribution in [-0.4, -0.2) is 20.1 Å². The molecule has 17 heavy (non-hydrogen) atoms. The number of nitrogens with zero attached hydrogens (tertiary/aromatic N) is 1. The monoisotopic (exact) mass is 252 g/mol. The highest BCUT2D eigenvalue weighted by Crippen LogP contribution is 2.39. The number of halogens is 1. The Labute approximate surface area is 109 Å². The molecule has 0 spiro atoms. The molecule has 0 saturated heterocycles. The van der Waals surface area contributed by atoms with E-state index in [0.717, 1.165) is 29.8 Å². The van der Waals surface area contributed by atoms with Crippen molar-refractivity contribution in [2.45, 2.75) is 19.8 Å². The van der Waals surface area contributed by atoms with E-state index in [1.807, 2.05) is 6.07 Å². The van der Waals surface area contributed by atoms with Crippen LogP contribution in [0.15, 0.2) is 18.2 Å². The average Bonchev–Trinajstić information content (AvgIpc) is 2.97. The van der Waals surface area contributed by atoms with Gasteiger partial charge in [-0.25, -0.2) is 0 Å². The van der Waals surface area contributed by atoms with Gasteiger partial charge in [0.1, 0.15) is 0 Å². The predicted octanol–water partition coefficient (Wildman–Crippen LogP) is 2.93. The van der Waals surface area contributed by atoms with Crippen LogP contribution in [0.2, 0.25) is 5.02 Å². The summed E-state index contributed by atoms with van der Waals surface area (Å²) in [6, 6.07) is 6.10. The summed E-state index contributed by atoms with van der Waals surface area (Å²) in [5, 5.41) is 0.802. The third-order valence-corrected chi connectivity index (χ3v) is 3.89. The Kier molecular flexibility index (Phi) is 3.95.